The van der Waals surface area contributed by atoms with Crippen LogP contribution < -0.4 is 14.8 Å². The minimum Gasteiger partial charge on any atom is -0.454 e. The minimum atomic E-state index is 0.0420. The van der Waals surface area contributed by atoms with Crippen LogP contribution in [0.2, 0.25) is 0 Å². The van der Waals surface area contributed by atoms with Crippen LogP contribution in [0.4, 0.5) is 0 Å². The van der Waals surface area contributed by atoms with Crippen LogP contribution in [-0.4, -0.2) is 26.5 Å². The van der Waals surface area contributed by atoms with Crippen molar-refractivity contribution in [2.45, 2.75) is 25.5 Å². The van der Waals surface area contributed by atoms with Gasteiger partial charge in [-0.3, -0.25) is 0 Å². The molecule has 2 aliphatic rings. The summed E-state index contributed by atoms with van der Waals surface area (Å²) in [6.45, 7) is 3.20. The standard InChI is InChI=1S/C13H17NO3/c1-8(14-2)12-11-9(5-6-15-12)3-4-10-13(11)17-7-16-10/h3-4,8,12,14H,5-7H2,1-2H3/t8-,12-/m0/s1. The molecule has 0 fully saturated rings. The minimum absolute atomic E-state index is 0.0420. The molecule has 3 rings (SSSR count). The Bertz CT molecular complexity index is 433. The zero-order chi connectivity index (χ0) is 11.8. The molecule has 1 aromatic rings. The zero-order valence-corrected chi connectivity index (χ0v) is 10.2. The van der Waals surface area contributed by atoms with Gasteiger partial charge in [0.1, 0.15) is 6.10 Å². The van der Waals surface area contributed by atoms with E-state index in [4.69, 9.17) is 14.2 Å². The highest BCUT2D eigenvalue weighted by Crippen LogP contribution is 2.44. The van der Waals surface area contributed by atoms with Gasteiger partial charge in [-0.2, -0.15) is 0 Å². The highest BCUT2D eigenvalue weighted by Gasteiger charge is 2.32. The third-order valence-corrected chi connectivity index (χ3v) is 3.53. The van der Waals surface area contributed by atoms with Crippen LogP contribution in [0.15, 0.2) is 12.1 Å². The number of hydrogen-bond donors (Lipinski definition) is 1. The summed E-state index contributed by atoms with van der Waals surface area (Å²) in [5.41, 5.74) is 2.47. The van der Waals surface area contributed by atoms with Crippen LogP contribution in [0.1, 0.15) is 24.2 Å². The van der Waals surface area contributed by atoms with E-state index in [2.05, 4.69) is 18.3 Å². The third-order valence-electron chi connectivity index (χ3n) is 3.53. The van der Waals surface area contributed by atoms with E-state index in [1.165, 1.54) is 5.56 Å². The first-order chi connectivity index (χ1) is 8.31. The molecule has 2 atom stereocenters. The molecule has 0 amide bonds. The molecule has 0 unspecified atom stereocenters. The van der Waals surface area contributed by atoms with Crippen LogP contribution in [0, 0.1) is 0 Å². The summed E-state index contributed by atoms with van der Waals surface area (Å²) in [6.07, 6.45) is 0.985. The van der Waals surface area contributed by atoms with E-state index in [-0.39, 0.29) is 12.1 Å². The lowest BCUT2D eigenvalue weighted by Crippen LogP contribution is -2.34. The van der Waals surface area contributed by atoms with Gasteiger partial charge < -0.3 is 19.5 Å². The number of ether oxygens (including phenoxy) is 3. The summed E-state index contributed by atoms with van der Waals surface area (Å²) in [7, 11) is 1.95. The van der Waals surface area contributed by atoms with E-state index in [1.54, 1.807) is 0 Å². The van der Waals surface area contributed by atoms with E-state index in [1.807, 2.05) is 13.1 Å². The van der Waals surface area contributed by atoms with Crippen molar-refractivity contribution in [3.8, 4) is 11.5 Å². The molecular weight excluding hydrogens is 218 g/mol. The van der Waals surface area contributed by atoms with Crippen molar-refractivity contribution >= 4 is 0 Å². The Morgan fingerprint density at radius 1 is 1.35 bits per heavy atom. The van der Waals surface area contributed by atoms with Gasteiger partial charge in [0.05, 0.1) is 6.61 Å². The molecule has 2 aliphatic heterocycles. The zero-order valence-electron chi connectivity index (χ0n) is 10.2. The van der Waals surface area contributed by atoms with Gasteiger partial charge >= 0.3 is 0 Å². The highest BCUT2D eigenvalue weighted by molar-refractivity contribution is 5.54. The topological polar surface area (TPSA) is 39.7 Å². The van der Waals surface area contributed by atoms with Crippen LogP contribution >= 0.6 is 0 Å². The van der Waals surface area contributed by atoms with Gasteiger partial charge in [-0.25, -0.2) is 0 Å². The van der Waals surface area contributed by atoms with E-state index in [0.717, 1.165) is 30.1 Å². The second-order valence-electron chi connectivity index (χ2n) is 4.49. The number of benzene rings is 1. The molecule has 1 aromatic carbocycles. The first-order valence-electron chi connectivity index (χ1n) is 6.01. The number of fused-ring (bicyclic) bond motifs is 3. The van der Waals surface area contributed by atoms with E-state index >= 15 is 0 Å². The molecule has 0 aliphatic carbocycles. The lowest BCUT2D eigenvalue weighted by atomic mass is 9.92. The van der Waals surface area contributed by atoms with Gasteiger partial charge in [-0.05, 0) is 32.0 Å². The fourth-order valence-electron chi connectivity index (χ4n) is 2.49. The molecule has 0 saturated carbocycles. The first-order valence-corrected chi connectivity index (χ1v) is 6.01. The largest absolute Gasteiger partial charge is 0.454 e. The lowest BCUT2D eigenvalue weighted by Gasteiger charge is -2.31. The SMILES string of the molecule is CN[C@@H](C)[C@@H]1OCCc2ccc3c(c21)OCO3. The van der Waals surface area contributed by atoms with E-state index in [0.29, 0.717) is 6.79 Å². The number of nitrogens with one attached hydrogen (secondary N) is 1. The van der Waals surface area contributed by atoms with Gasteiger partial charge in [0.25, 0.3) is 0 Å². The molecule has 0 bridgehead atoms. The molecule has 2 heterocycles. The smallest absolute Gasteiger partial charge is 0.231 e. The third kappa shape index (κ3) is 1.68. The molecular formula is C13H17NO3. The van der Waals surface area contributed by atoms with Gasteiger partial charge in [0, 0.05) is 11.6 Å². The maximum atomic E-state index is 5.88. The fourth-order valence-corrected chi connectivity index (χ4v) is 2.49. The Morgan fingerprint density at radius 3 is 3.06 bits per heavy atom. The van der Waals surface area contributed by atoms with Crippen LogP contribution in [-0.2, 0) is 11.2 Å². The Morgan fingerprint density at radius 2 is 2.24 bits per heavy atom. The quantitative estimate of drug-likeness (QED) is 0.846. The summed E-state index contributed by atoms with van der Waals surface area (Å²) >= 11 is 0. The average molecular weight is 235 g/mol. The van der Waals surface area contributed by atoms with Gasteiger partial charge in [0.15, 0.2) is 11.5 Å². The van der Waals surface area contributed by atoms with Crippen molar-refractivity contribution in [3.05, 3.63) is 23.3 Å². The summed E-state index contributed by atoms with van der Waals surface area (Å²) in [6, 6.07) is 4.37. The lowest BCUT2D eigenvalue weighted by molar-refractivity contribution is 0.0194. The van der Waals surface area contributed by atoms with Crippen LogP contribution in [0.25, 0.3) is 0 Å². The molecule has 0 aromatic heterocycles. The van der Waals surface area contributed by atoms with Crippen molar-refractivity contribution in [2.75, 3.05) is 20.4 Å². The van der Waals surface area contributed by atoms with Gasteiger partial charge in [0.2, 0.25) is 6.79 Å². The summed E-state index contributed by atoms with van der Waals surface area (Å²) in [5.74, 6) is 1.71. The van der Waals surface area contributed by atoms with E-state index < -0.39 is 0 Å². The maximum Gasteiger partial charge on any atom is 0.231 e. The first kappa shape index (κ1) is 10.9. The Hall–Kier alpha value is -1.26. The average Bonchev–Trinajstić information content (AvgIpc) is 2.85. The van der Waals surface area contributed by atoms with Crippen LogP contribution in [0.3, 0.4) is 0 Å². The summed E-state index contributed by atoms with van der Waals surface area (Å²) in [4.78, 5) is 0. The summed E-state index contributed by atoms with van der Waals surface area (Å²) < 4.78 is 16.9. The number of likely N-dealkylation sites (N-methyl/N-ethyl adjacent to an activating group) is 1. The van der Waals surface area contributed by atoms with E-state index in [9.17, 15) is 0 Å². The monoisotopic (exact) mass is 235 g/mol. The molecule has 0 radical (unpaired) electrons. The normalized spacial score (nSPS) is 23.3. The van der Waals surface area contributed by atoms with Crippen LogP contribution in [0.5, 0.6) is 11.5 Å². The molecule has 0 saturated heterocycles. The predicted octanol–water partition coefficient (Wildman–Crippen LogP) is 1.64. The molecule has 92 valence electrons. The van der Waals surface area contributed by atoms with Crippen molar-refractivity contribution < 1.29 is 14.2 Å². The number of rotatable bonds is 2. The highest BCUT2D eigenvalue weighted by atomic mass is 16.7. The molecule has 4 heteroatoms. The molecule has 1 N–H and O–H groups in total. The Balaban J connectivity index is 2.08. The molecule has 17 heavy (non-hydrogen) atoms. The van der Waals surface area contributed by atoms with Crippen molar-refractivity contribution in [2.24, 2.45) is 0 Å². The van der Waals surface area contributed by atoms with Gasteiger partial charge in [-0.15, -0.1) is 0 Å². The fraction of sp³-hybridized carbons (Fsp3) is 0.538. The Kier molecular flexibility index (Phi) is 2.68. The van der Waals surface area contributed by atoms with Crippen molar-refractivity contribution in [1.29, 1.82) is 0 Å². The second-order valence-corrected chi connectivity index (χ2v) is 4.49. The molecule has 4 nitrogen and oxygen atoms in total. The van der Waals surface area contributed by atoms with Crippen molar-refractivity contribution in [1.82, 2.24) is 5.32 Å². The summed E-state index contributed by atoms with van der Waals surface area (Å²) in [5, 5.41) is 3.25. The second kappa shape index (κ2) is 4.20. The van der Waals surface area contributed by atoms with Crippen molar-refractivity contribution in [3.63, 3.8) is 0 Å². The predicted molar refractivity (Wildman–Crippen MR) is 63.5 cm³/mol. The maximum absolute atomic E-state index is 5.88. The Labute approximate surface area is 101 Å². The molecule has 0 spiro atoms. The number of hydrogen-bond acceptors (Lipinski definition) is 4. The van der Waals surface area contributed by atoms with Gasteiger partial charge in [-0.1, -0.05) is 6.07 Å².